The Kier molecular flexibility index (Phi) is 2.92. The van der Waals surface area contributed by atoms with E-state index in [2.05, 4.69) is 4.90 Å². The molecule has 0 unspecified atom stereocenters. The third kappa shape index (κ3) is 2.69. The molecule has 2 aliphatic carbocycles. The number of rotatable bonds is 6. The first-order valence-electron chi connectivity index (χ1n) is 6.28. The molecule has 0 spiro atoms. The summed E-state index contributed by atoms with van der Waals surface area (Å²) in [5, 5.41) is 11.0. The Bertz CT molecular complexity index is 421. The van der Waals surface area contributed by atoms with Crippen molar-refractivity contribution in [3.8, 4) is 0 Å². The molecule has 17 heavy (non-hydrogen) atoms. The molecule has 0 radical (unpaired) electrons. The quantitative estimate of drug-likeness (QED) is 0.845. The number of hydrogen-bond acceptors (Lipinski definition) is 3. The number of nitrogens with zero attached hydrogens (tertiary/aromatic N) is 1. The average molecular weight is 251 g/mol. The fraction of sp³-hybridized carbons (Fsp3) is 0.615. The van der Waals surface area contributed by atoms with Crippen molar-refractivity contribution < 1.29 is 9.90 Å². The van der Waals surface area contributed by atoms with Gasteiger partial charge in [0.05, 0.1) is 0 Å². The van der Waals surface area contributed by atoms with Crippen LogP contribution in [0, 0.1) is 5.92 Å². The van der Waals surface area contributed by atoms with Gasteiger partial charge in [-0.25, -0.2) is 4.79 Å². The van der Waals surface area contributed by atoms with Crippen LogP contribution in [0.3, 0.4) is 0 Å². The van der Waals surface area contributed by atoms with Crippen LogP contribution in [0.2, 0.25) is 0 Å². The fourth-order valence-electron chi connectivity index (χ4n) is 2.28. The molecule has 4 heteroatoms. The van der Waals surface area contributed by atoms with Gasteiger partial charge in [0.2, 0.25) is 0 Å². The predicted molar refractivity (Wildman–Crippen MR) is 67.4 cm³/mol. The third-order valence-corrected chi connectivity index (χ3v) is 4.51. The first-order chi connectivity index (χ1) is 8.24. The molecule has 92 valence electrons. The molecule has 1 aromatic heterocycles. The number of thiophene rings is 1. The van der Waals surface area contributed by atoms with E-state index in [-0.39, 0.29) is 0 Å². The summed E-state index contributed by atoms with van der Waals surface area (Å²) < 4.78 is 0. The topological polar surface area (TPSA) is 40.5 Å². The van der Waals surface area contributed by atoms with Crippen LogP contribution < -0.4 is 0 Å². The van der Waals surface area contributed by atoms with Crippen LogP contribution in [0.25, 0.3) is 0 Å². The molecule has 2 saturated carbocycles. The van der Waals surface area contributed by atoms with Gasteiger partial charge in [-0.05, 0) is 48.6 Å². The van der Waals surface area contributed by atoms with E-state index in [1.807, 2.05) is 11.4 Å². The molecule has 1 N–H and O–H groups in total. The van der Waals surface area contributed by atoms with E-state index in [9.17, 15) is 4.79 Å². The fourth-order valence-corrected chi connectivity index (χ4v) is 3.03. The highest BCUT2D eigenvalue weighted by Gasteiger charge is 2.34. The summed E-state index contributed by atoms with van der Waals surface area (Å²) in [5.74, 6) is 0.0969. The monoisotopic (exact) mass is 251 g/mol. The third-order valence-electron chi connectivity index (χ3n) is 3.57. The molecule has 0 aromatic carbocycles. The van der Waals surface area contributed by atoms with Gasteiger partial charge in [-0.2, -0.15) is 0 Å². The van der Waals surface area contributed by atoms with Crippen LogP contribution in [0.4, 0.5) is 0 Å². The van der Waals surface area contributed by atoms with E-state index >= 15 is 0 Å². The van der Waals surface area contributed by atoms with Crippen molar-refractivity contribution in [2.24, 2.45) is 5.92 Å². The largest absolute Gasteiger partial charge is 0.477 e. The van der Waals surface area contributed by atoms with Crippen LogP contribution in [0.15, 0.2) is 11.4 Å². The lowest BCUT2D eigenvalue weighted by atomic mass is 10.2. The SMILES string of the molecule is O=C(O)c1sccc1CN(CC1CC1)C1CC1. The average Bonchev–Trinajstić information content (AvgIpc) is 3.17. The molecule has 1 heterocycles. The molecular weight excluding hydrogens is 234 g/mol. The Morgan fingerprint density at radius 1 is 1.41 bits per heavy atom. The predicted octanol–water partition coefficient (Wildman–Crippen LogP) is 2.82. The molecule has 0 amide bonds. The van der Waals surface area contributed by atoms with Crippen molar-refractivity contribution in [2.75, 3.05) is 6.54 Å². The summed E-state index contributed by atoms with van der Waals surface area (Å²) in [6.07, 6.45) is 5.30. The van der Waals surface area contributed by atoms with Gasteiger partial charge in [-0.3, -0.25) is 4.90 Å². The molecule has 0 bridgehead atoms. The number of hydrogen-bond donors (Lipinski definition) is 1. The number of carboxylic acid groups (broad SMARTS) is 1. The first kappa shape index (κ1) is 11.2. The molecule has 0 saturated heterocycles. The molecule has 3 rings (SSSR count). The first-order valence-corrected chi connectivity index (χ1v) is 7.15. The minimum Gasteiger partial charge on any atom is -0.477 e. The number of aromatic carboxylic acids is 1. The Hall–Kier alpha value is -0.870. The summed E-state index contributed by atoms with van der Waals surface area (Å²) in [6.45, 7) is 1.99. The zero-order valence-electron chi connectivity index (χ0n) is 9.76. The summed E-state index contributed by atoms with van der Waals surface area (Å²) in [5.41, 5.74) is 0.995. The van der Waals surface area contributed by atoms with E-state index in [4.69, 9.17) is 5.11 Å². The second-order valence-corrected chi connectivity index (χ2v) is 6.10. The van der Waals surface area contributed by atoms with Crippen molar-refractivity contribution in [3.63, 3.8) is 0 Å². The van der Waals surface area contributed by atoms with Crippen LogP contribution in [-0.4, -0.2) is 28.6 Å². The highest BCUT2D eigenvalue weighted by atomic mass is 32.1. The molecule has 1 aromatic rings. The number of carbonyl (C=O) groups is 1. The minimum absolute atomic E-state index is 0.520. The summed E-state index contributed by atoms with van der Waals surface area (Å²) >= 11 is 1.34. The summed E-state index contributed by atoms with van der Waals surface area (Å²) in [6, 6.07) is 2.69. The van der Waals surface area contributed by atoms with Crippen molar-refractivity contribution in [1.82, 2.24) is 4.90 Å². The van der Waals surface area contributed by atoms with Gasteiger partial charge >= 0.3 is 5.97 Å². The maximum absolute atomic E-state index is 11.1. The summed E-state index contributed by atoms with van der Waals surface area (Å²) in [4.78, 5) is 14.1. The number of carboxylic acids is 1. The van der Waals surface area contributed by atoms with Gasteiger partial charge in [0, 0.05) is 19.1 Å². The molecule has 2 fully saturated rings. The zero-order valence-corrected chi connectivity index (χ0v) is 10.6. The van der Waals surface area contributed by atoms with Gasteiger partial charge < -0.3 is 5.11 Å². The Morgan fingerprint density at radius 3 is 2.76 bits per heavy atom. The van der Waals surface area contributed by atoms with Crippen LogP contribution in [-0.2, 0) is 6.54 Å². The molecular formula is C13H17NO2S. The zero-order chi connectivity index (χ0) is 11.8. The van der Waals surface area contributed by atoms with E-state index in [1.165, 1.54) is 43.6 Å². The Morgan fingerprint density at radius 2 is 2.18 bits per heavy atom. The van der Waals surface area contributed by atoms with E-state index in [0.29, 0.717) is 4.88 Å². The highest BCUT2D eigenvalue weighted by Crippen LogP contribution is 2.36. The lowest BCUT2D eigenvalue weighted by Gasteiger charge is -2.21. The highest BCUT2D eigenvalue weighted by molar-refractivity contribution is 7.12. The normalized spacial score (nSPS) is 19.8. The van der Waals surface area contributed by atoms with Crippen LogP contribution >= 0.6 is 11.3 Å². The van der Waals surface area contributed by atoms with Gasteiger partial charge in [-0.15, -0.1) is 11.3 Å². The second kappa shape index (κ2) is 4.42. The molecule has 0 aliphatic heterocycles. The lowest BCUT2D eigenvalue weighted by molar-refractivity contribution is 0.0699. The molecule has 2 aliphatic rings. The van der Waals surface area contributed by atoms with E-state index < -0.39 is 5.97 Å². The second-order valence-electron chi connectivity index (χ2n) is 5.18. The van der Waals surface area contributed by atoms with Crippen molar-refractivity contribution in [3.05, 3.63) is 21.9 Å². The minimum atomic E-state index is -0.780. The van der Waals surface area contributed by atoms with Gasteiger partial charge in [-0.1, -0.05) is 0 Å². The Labute approximate surface area is 105 Å². The molecule has 3 nitrogen and oxygen atoms in total. The standard InChI is InChI=1S/C13H17NO2S/c15-13(16)12-10(5-6-17-12)8-14(11-3-4-11)7-9-1-2-9/h5-6,9,11H,1-4,7-8H2,(H,15,16). The van der Waals surface area contributed by atoms with Gasteiger partial charge in [0.25, 0.3) is 0 Å². The lowest BCUT2D eigenvalue weighted by Crippen LogP contribution is -2.28. The summed E-state index contributed by atoms with van der Waals surface area (Å²) in [7, 11) is 0. The maximum Gasteiger partial charge on any atom is 0.346 e. The van der Waals surface area contributed by atoms with Crippen molar-refractivity contribution >= 4 is 17.3 Å². The van der Waals surface area contributed by atoms with Gasteiger partial charge in [0.1, 0.15) is 4.88 Å². The van der Waals surface area contributed by atoms with Crippen LogP contribution in [0.1, 0.15) is 40.9 Å². The van der Waals surface area contributed by atoms with Crippen molar-refractivity contribution in [2.45, 2.75) is 38.3 Å². The molecule has 0 atom stereocenters. The van der Waals surface area contributed by atoms with E-state index in [1.54, 1.807) is 0 Å². The van der Waals surface area contributed by atoms with Gasteiger partial charge in [0.15, 0.2) is 0 Å². The van der Waals surface area contributed by atoms with Crippen molar-refractivity contribution in [1.29, 1.82) is 0 Å². The maximum atomic E-state index is 11.1. The smallest absolute Gasteiger partial charge is 0.346 e. The van der Waals surface area contributed by atoms with Crippen LogP contribution in [0.5, 0.6) is 0 Å². The van der Waals surface area contributed by atoms with E-state index in [0.717, 1.165) is 24.1 Å². The Balaban J connectivity index is 1.69.